The predicted molar refractivity (Wildman–Crippen MR) is 125 cm³/mol. The van der Waals surface area contributed by atoms with Crippen molar-refractivity contribution in [3.63, 3.8) is 0 Å². The Labute approximate surface area is 196 Å². The SMILES string of the molecule is C#CCN(C(=O)C[C@@]1(c2cccc(OC)c2)CC(=O)N(C2CCCC2)C1=O)C1CCCCC1. The highest BCUT2D eigenvalue weighted by atomic mass is 16.5. The van der Waals surface area contributed by atoms with Gasteiger partial charge in [-0.15, -0.1) is 6.42 Å². The van der Waals surface area contributed by atoms with Crippen LogP contribution in [-0.4, -0.2) is 53.3 Å². The summed E-state index contributed by atoms with van der Waals surface area (Å²) >= 11 is 0. The predicted octanol–water partition coefficient (Wildman–Crippen LogP) is 3.82. The van der Waals surface area contributed by atoms with Crippen LogP contribution in [0.1, 0.15) is 76.2 Å². The lowest BCUT2D eigenvalue weighted by atomic mass is 9.75. The largest absolute Gasteiger partial charge is 0.497 e. The Hall–Kier alpha value is -2.81. The number of nitrogens with zero attached hydrogens (tertiary/aromatic N) is 2. The normalized spacial score (nSPS) is 24.2. The molecule has 33 heavy (non-hydrogen) atoms. The van der Waals surface area contributed by atoms with Crippen LogP contribution in [-0.2, 0) is 19.8 Å². The van der Waals surface area contributed by atoms with E-state index in [1.165, 1.54) is 11.3 Å². The number of ether oxygens (including phenoxy) is 1. The second-order valence-electron chi connectivity index (χ2n) is 9.69. The summed E-state index contributed by atoms with van der Waals surface area (Å²) in [5.41, 5.74) is -0.550. The highest BCUT2D eigenvalue weighted by Crippen LogP contribution is 2.44. The van der Waals surface area contributed by atoms with Gasteiger partial charge in [0.25, 0.3) is 0 Å². The number of hydrogen-bond donors (Lipinski definition) is 0. The highest BCUT2D eigenvalue weighted by Gasteiger charge is 2.56. The molecule has 0 bridgehead atoms. The zero-order valence-electron chi connectivity index (χ0n) is 19.6. The first-order valence-electron chi connectivity index (χ1n) is 12.2. The summed E-state index contributed by atoms with van der Waals surface area (Å²) in [6, 6.07) is 7.29. The number of imide groups is 1. The topological polar surface area (TPSA) is 66.9 Å². The average Bonchev–Trinajstić information content (AvgIpc) is 3.44. The fourth-order valence-electron chi connectivity index (χ4n) is 5.95. The lowest BCUT2D eigenvalue weighted by Crippen LogP contribution is -2.48. The van der Waals surface area contributed by atoms with Crippen LogP contribution in [0.2, 0.25) is 0 Å². The monoisotopic (exact) mass is 450 g/mol. The molecular formula is C27H34N2O4. The van der Waals surface area contributed by atoms with Crippen molar-refractivity contribution in [3.05, 3.63) is 29.8 Å². The molecule has 0 aromatic heterocycles. The minimum absolute atomic E-state index is 0.00972. The van der Waals surface area contributed by atoms with Crippen molar-refractivity contribution in [2.24, 2.45) is 0 Å². The minimum atomic E-state index is -1.22. The van der Waals surface area contributed by atoms with Crippen molar-refractivity contribution >= 4 is 17.7 Å². The molecule has 0 unspecified atom stereocenters. The van der Waals surface area contributed by atoms with Gasteiger partial charge in [-0.2, -0.15) is 0 Å². The first kappa shape index (κ1) is 23.4. The standard InChI is InChI=1S/C27H34N2O4/c1-3-16-28(21-11-5-4-6-12-21)24(30)18-27(20-10-9-15-23(17-20)33-2)19-25(31)29(26(27)32)22-13-7-8-14-22/h1,9-10,15,17,21-22H,4-8,11-14,16,18-19H2,2H3/t27-/m0/s1. The Morgan fingerprint density at radius 1 is 1.15 bits per heavy atom. The van der Waals surface area contributed by atoms with Gasteiger partial charge in [0.05, 0.1) is 19.1 Å². The van der Waals surface area contributed by atoms with Gasteiger partial charge in [0.2, 0.25) is 17.7 Å². The molecule has 4 rings (SSSR count). The Morgan fingerprint density at radius 2 is 1.85 bits per heavy atom. The fourth-order valence-corrected chi connectivity index (χ4v) is 5.95. The number of likely N-dealkylation sites (tertiary alicyclic amines) is 1. The maximum atomic E-state index is 14.0. The minimum Gasteiger partial charge on any atom is -0.497 e. The van der Waals surface area contributed by atoms with Crippen LogP contribution < -0.4 is 4.74 Å². The third-order valence-corrected chi connectivity index (χ3v) is 7.71. The van der Waals surface area contributed by atoms with Crippen LogP contribution in [0.4, 0.5) is 0 Å². The van der Waals surface area contributed by atoms with Crippen molar-refractivity contribution in [1.82, 2.24) is 9.80 Å². The molecule has 176 valence electrons. The van der Waals surface area contributed by atoms with Gasteiger partial charge < -0.3 is 9.64 Å². The molecule has 1 aliphatic heterocycles. The van der Waals surface area contributed by atoms with Crippen molar-refractivity contribution < 1.29 is 19.1 Å². The number of carbonyl (C=O) groups excluding carboxylic acids is 3. The quantitative estimate of drug-likeness (QED) is 0.468. The van der Waals surface area contributed by atoms with E-state index in [0.717, 1.165) is 51.4 Å². The first-order chi connectivity index (χ1) is 16.0. The number of hydrogen-bond acceptors (Lipinski definition) is 4. The maximum Gasteiger partial charge on any atom is 0.241 e. The van der Waals surface area contributed by atoms with Crippen LogP contribution in [0.25, 0.3) is 0 Å². The van der Waals surface area contributed by atoms with Gasteiger partial charge in [-0.05, 0) is 43.4 Å². The van der Waals surface area contributed by atoms with Crippen molar-refractivity contribution in [2.75, 3.05) is 13.7 Å². The van der Waals surface area contributed by atoms with Gasteiger partial charge in [0.1, 0.15) is 5.75 Å². The third-order valence-electron chi connectivity index (χ3n) is 7.71. The molecule has 3 amide bonds. The van der Waals surface area contributed by atoms with Gasteiger partial charge in [-0.25, -0.2) is 0 Å². The van der Waals surface area contributed by atoms with Crippen LogP contribution in [0.15, 0.2) is 24.3 Å². The van der Waals surface area contributed by atoms with E-state index in [9.17, 15) is 14.4 Å². The summed E-state index contributed by atoms with van der Waals surface area (Å²) < 4.78 is 5.40. The lowest BCUT2D eigenvalue weighted by Gasteiger charge is -2.36. The summed E-state index contributed by atoms with van der Waals surface area (Å²) in [7, 11) is 1.57. The van der Waals surface area contributed by atoms with Crippen LogP contribution >= 0.6 is 0 Å². The Kier molecular flexibility index (Phi) is 7.07. The molecule has 2 aliphatic carbocycles. The van der Waals surface area contributed by atoms with Crippen LogP contribution in [0.3, 0.4) is 0 Å². The molecular weight excluding hydrogens is 416 g/mol. The van der Waals surface area contributed by atoms with Crippen LogP contribution in [0, 0.1) is 12.3 Å². The van der Waals surface area contributed by atoms with E-state index in [0.29, 0.717) is 11.3 Å². The number of carbonyl (C=O) groups is 3. The zero-order valence-corrected chi connectivity index (χ0v) is 19.6. The molecule has 1 saturated heterocycles. The molecule has 0 spiro atoms. The number of methoxy groups -OCH3 is 1. The van der Waals surface area contributed by atoms with Gasteiger partial charge in [-0.1, -0.05) is 50.2 Å². The maximum absolute atomic E-state index is 14.0. The summed E-state index contributed by atoms with van der Waals surface area (Å²) in [6.45, 7) is 0.228. The van der Waals surface area contributed by atoms with E-state index >= 15 is 0 Å². The zero-order chi connectivity index (χ0) is 23.4. The van der Waals surface area contributed by atoms with Gasteiger partial charge in [0, 0.05) is 24.9 Å². The summed E-state index contributed by atoms with van der Waals surface area (Å²) in [5.74, 6) is 2.68. The number of benzene rings is 1. The van der Waals surface area contributed by atoms with E-state index in [4.69, 9.17) is 11.2 Å². The third kappa shape index (κ3) is 4.51. The number of amides is 3. The van der Waals surface area contributed by atoms with Crippen molar-refractivity contribution in [1.29, 1.82) is 0 Å². The van der Waals surface area contributed by atoms with E-state index in [2.05, 4.69) is 5.92 Å². The van der Waals surface area contributed by atoms with Gasteiger partial charge >= 0.3 is 0 Å². The van der Waals surface area contributed by atoms with E-state index < -0.39 is 5.41 Å². The van der Waals surface area contributed by atoms with Gasteiger partial charge in [-0.3, -0.25) is 19.3 Å². The molecule has 1 aromatic carbocycles. The first-order valence-corrected chi connectivity index (χ1v) is 12.2. The Bertz CT molecular complexity index is 940. The summed E-state index contributed by atoms with van der Waals surface area (Å²) in [4.78, 5) is 44.1. The lowest BCUT2D eigenvalue weighted by molar-refractivity contribution is -0.145. The summed E-state index contributed by atoms with van der Waals surface area (Å²) in [5, 5.41) is 0. The Balaban J connectivity index is 1.70. The Morgan fingerprint density at radius 3 is 2.52 bits per heavy atom. The molecule has 3 fully saturated rings. The molecule has 6 nitrogen and oxygen atoms in total. The smallest absolute Gasteiger partial charge is 0.241 e. The van der Waals surface area contributed by atoms with Crippen molar-refractivity contribution in [2.45, 2.75) is 88.1 Å². The van der Waals surface area contributed by atoms with Crippen LogP contribution in [0.5, 0.6) is 5.75 Å². The highest BCUT2D eigenvalue weighted by molar-refractivity contribution is 6.11. The molecule has 1 aromatic rings. The second kappa shape index (κ2) is 9.99. The van der Waals surface area contributed by atoms with E-state index in [1.807, 2.05) is 18.2 Å². The van der Waals surface area contributed by atoms with Gasteiger partial charge in [0.15, 0.2) is 0 Å². The summed E-state index contributed by atoms with van der Waals surface area (Å²) in [6.07, 6.45) is 14.5. The molecule has 6 heteroatoms. The van der Waals surface area contributed by atoms with E-state index in [1.54, 1.807) is 18.1 Å². The van der Waals surface area contributed by atoms with E-state index in [-0.39, 0.29) is 49.2 Å². The molecule has 1 atom stereocenters. The second-order valence-corrected chi connectivity index (χ2v) is 9.69. The molecule has 2 saturated carbocycles. The molecule has 3 aliphatic rings. The number of terminal acetylenes is 1. The van der Waals surface area contributed by atoms with Crippen molar-refractivity contribution in [3.8, 4) is 18.1 Å². The molecule has 1 heterocycles. The average molecular weight is 451 g/mol. The number of rotatable bonds is 7. The fraction of sp³-hybridized carbons (Fsp3) is 0.593. The molecule has 0 N–H and O–H groups in total. The molecule has 0 radical (unpaired) electrons.